The fourth-order valence-corrected chi connectivity index (χ4v) is 1.32. The second-order valence-corrected chi connectivity index (χ2v) is 3.74. The van der Waals surface area contributed by atoms with Gasteiger partial charge in [-0.2, -0.15) is 0 Å². The summed E-state index contributed by atoms with van der Waals surface area (Å²) in [6.45, 7) is 1.62. The van der Waals surface area contributed by atoms with Gasteiger partial charge in [0.1, 0.15) is 11.6 Å². The van der Waals surface area contributed by atoms with E-state index < -0.39 is 17.7 Å². The lowest BCUT2D eigenvalue weighted by Crippen LogP contribution is -2.08. The van der Waals surface area contributed by atoms with Crippen molar-refractivity contribution in [2.45, 2.75) is 13.0 Å². The van der Waals surface area contributed by atoms with Crippen molar-refractivity contribution in [2.24, 2.45) is 5.73 Å². The molecule has 1 atom stereocenters. The normalized spacial score (nSPS) is 13.1. The van der Waals surface area contributed by atoms with E-state index in [1.807, 2.05) is 0 Å². The zero-order valence-corrected chi connectivity index (χ0v) is 8.60. The Morgan fingerprint density at radius 3 is 2.42 bits per heavy atom. The number of hydrogen-bond donors (Lipinski definition) is 1. The maximum atomic E-state index is 13.0. The Labute approximate surface area is 83.1 Å². The highest BCUT2D eigenvalue weighted by Crippen LogP contribution is 2.20. The molecule has 12 heavy (non-hydrogen) atoms. The van der Waals surface area contributed by atoms with Crippen LogP contribution in [0.15, 0.2) is 12.1 Å². The summed E-state index contributed by atoms with van der Waals surface area (Å²) in [6, 6.07) is 1.81. The smallest absolute Gasteiger partial charge is 0.137 e. The van der Waals surface area contributed by atoms with E-state index in [1.165, 1.54) is 0 Å². The van der Waals surface area contributed by atoms with Crippen molar-refractivity contribution in [2.75, 3.05) is 0 Å². The number of nitrogens with two attached hydrogens (primary N) is 1. The van der Waals surface area contributed by atoms with Crippen molar-refractivity contribution in [1.29, 1.82) is 0 Å². The fraction of sp³-hybridized carbons (Fsp3) is 0.250. The van der Waals surface area contributed by atoms with Crippen LogP contribution < -0.4 is 5.73 Å². The van der Waals surface area contributed by atoms with Crippen LogP contribution in [0.4, 0.5) is 8.78 Å². The van der Waals surface area contributed by atoms with Gasteiger partial charge in [-0.3, -0.25) is 0 Å². The van der Waals surface area contributed by atoms with Crippen LogP contribution in [0.2, 0.25) is 0 Å². The molecule has 0 saturated carbocycles. The number of halogens is 3. The summed E-state index contributed by atoms with van der Waals surface area (Å²) in [6.07, 6.45) is 0. The van der Waals surface area contributed by atoms with Crippen molar-refractivity contribution < 1.29 is 8.78 Å². The quantitative estimate of drug-likeness (QED) is 0.622. The van der Waals surface area contributed by atoms with Crippen molar-refractivity contribution in [1.82, 2.24) is 0 Å². The molecule has 4 heteroatoms. The minimum Gasteiger partial charge on any atom is -0.324 e. The van der Waals surface area contributed by atoms with Gasteiger partial charge in [-0.05, 0) is 41.6 Å². The maximum Gasteiger partial charge on any atom is 0.137 e. The van der Waals surface area contributed by atoms with Crippen LogP contribution in [0.25, 0.3) is 0 Å². The number of benzene rings is 1. The predicted octanol–water partition coefficient (Wildman–Crippen LogP) is 2.59. The lowest BCUT2D eigenvalue weighted by Gasteiger charge is -2.07. The molecule has 2 N–H and O–H groups in total. The fourth-order valence-electron chi connectivity index (χ4n) is 0.887. The van der Waals surface area contributed by atoms with Gasteiger partial charge in [0, 0.05) is 11.6 Å². The average Bonchev–Trinajstić information content (AvgIpc) is 1.96. The molecule has 0 bridgehead atoms. The van der Waals surface area contributed by atoms with Crippen LogP contribution in [0.5, 0.6) is 0 Å². The van der Waals surface area contributed by atoms with E-state index in [0.29, 0.717) is 0 Å². The van der Waals surface area contributed by atoms with Crippen LogP contribution in [-0.2, 0) is 0 Å². The van der Waals surface area contributed by atoms with Crippen LogP contribution in [0.1, 0.15) is 18.5 Å². The van der Waals surface area contributed by atoms with Crippen LogP contribution in [-0.4, -0.2) is 0 Å². The van der Waals surface area contributed by atoms with E-state index in [0.717, 1.165) is 12.1 Å². The molecular formula is C8H8F2IN. The van der Waals surface area contributed by atoms with Gasteiger partial charge in [0.25, 0.3) is 0 Å². The summed E-state index contributed by atoms with van der Waals surface area (Å²) in [7, 11) is 0. The molecule has 1 nitrogen and oxygen atoms in total. The topological polar surface area (TPSA) is 26.0 Å². The Kier molecular flexibility index (Phi) is 3.00. The molecule has 0 radical (unpaired) electrons. The van der Waals surface area contributed by atoms with E-state index in [4.69, 9.17) is 5.73 Å². The van der Waals surface area contributed by atoms with Gasteiger partial charge in [-0.1, -0.05) is 0 Å². The highest BCUT2D eigenvalue weighted by Gasteiger charge is 2.10. The van der Waals surface area contributed by atoms with Crippen LogP contribution in [0.3, 0.4) is 0 Å². The zero-order valence-electron chi connectivity index (χ0n) is 6.44. The maximum absolute atomic E-state index is 13.0. The Hall–Kier alpha value is -0.230. The largest absolute Gasteiger partial charge is 0.324 e. The van der Waals surface area contributed by atoms with Crippen molar-refractivity contribution in [3.05, 3.63) is 32.9 Å². The third-order valence-electron chi connectivity index (χ3n) is 1.53. The molecule has 66 valence electrons. The predicted molar refractivity (Wildman–Crippen MR) is 51.7 cm³/mol. The van der Waals surface area contributed by atoms with Gasteiger partial charge in [0.2, 0.25) is 0 Å². The van der Waals surface area contributed by atoms with Gasteiger partial charge in [-0.15, -0.1) is 0 Å². The molecule has 0 unspecified atom stereocenters. The van der Waals surface area contributed by atoms with Gasteiger partial charge in [0.05, 0.1) is 3.57 Å². The Morgan fingerprint density at radius 1 is 1.33 bits per heavy atom. The average molecular weight is 283 g/mol. The second-order valence-electron chi connectivity index (χ2n) is 2.58. The molecule has 1 rings (SSSR count). The molecule has 0 amide bonds. The standard InChI is InChI=1S/C8H8F2IN/c1-4(12)5-2-7(10)8(11)3-6(5)9/h2-4H,12H2,1H3/t4-/m1/s1. The highest BCUT2D eigenvalue weighted by atomic mass is 127. The molecule has 0 aliphatic heterocycles. The summed E-state index contributed by atoms with van der Waals surface area (Å²) in [5, 5.41) is 0. The molecule has 0 spiro atoms. The molecule has 0 heterocycles. The van der Waals surface area contributed by atoms with E-state index >= 15 is 0 Å². The molecule has 0 fully saturated rings. The molecule has 1 aromatic carbocycles. The van der Waals surface area contributed by atoms with E-state index in [2.05, 4.69) is 0 Å². The van der Waals surface area contributed by atoms with Crippen LogP contribution in [0, 0.1) is 15.2 Å². The molecule has 0 aliphatic rings. The van der Waals surface area contributed by atoms with Crippen molar-refractivity contribution >= 4 is 22.6 Å². The van der Waals surface area contributed by atoms with Crippen LogP contribution >= 0.6 is 22.6 Å². The Bertz CT molecular complexity index is 299. The molecule has 1 aromatic rings. The van der Waals surface area contributed by atoms with Gasteiger partial charge >= 0.3 is 0 Å². The second kappa shape index (κ2) is 3.66. The molecular weight excluding hydrogens is 275 g/mol. The first-order chi connectivity index (χ1) is 5.52. The summed E-state index contributed by atoms with van der Waals surface area (Å²) >= 11 is 1.73. The lowest BCUT2D eigenvalue weighted by atomic mass is 10.1. The number of rotatable bonds is 1. The SMILES string of the molecule is C[C@@H](N)c1cc(F)c(I)cc1F. The first-order valence-corrected chi connectivity index (χ1v) is 4.50. The van der Waals surface area contributed by atoms with Gasteiger partial charge < -0.3 is 5.73 Å². The van der Waals surface area contributed by atoms with E-state index in [9.17, 15) is 8.78 Å². The van der Waals surface area contributed by atoms with E-state index in [-0.39, 0.29) is 9.13 Å². The zero-order chi connectivity index (χ0) is 9.30. The first kappa shape index (κ1) is 9.85. The summed E-state index contributed by atoms with van der Waals surface area (Å²) in [5.74, 6) is -0.875. The minimum absolute atomic E-state index is 0.216. The third-order valence-corrected chi connectivity index (χ3v) is 2.36. The molecule has 0 aliphatic carbocycles. The minimum atomic E-state index is -0.475. The van der Waals surface area contributed by atoms with Gasteiger partial charge in [0.15, 0.2) is 0 Å². The summed E-state index contributed by atoms with van der Waals surface area (Å²) in [4.78, 5) is 0. The highest BCUT2D eigenvalue weighted by molar-refractivity contribution is 14.1. The van der Waals surface area contributed by atoms with E-state index in [1.54, 1.807) is 29.5 Å². The van der Waals surface area contributed by atoms with Gasteiger partial charge in [-0.25, -0.2) is 8.78 Å². The molecule has 0 saturated heterocycles. The molecule has 0 aromatic heterocycles. The van der Waals surface area contributed by atoms with Crippen molar-refractivity contribution in [3.8, 4) is 0 Å². The number of hydrogen-bond acceptors (Lipinski definition) is 1. The first-order valence-electron chi connectivity index (χ1n) is 3.42. The third kappa shape index (κ3) is 1.92. The summed E-state index contributed by atoms with van der Waals surface area (Å²) < 4.78 is 26.2. The van der Waals surface area contributed by atoms with Crippen molar-refractivity contribution in [3.63, 3.8) is 0 Å². The Balaban J connectivity index is 3.23. The lowest BCUT2D eigenvalue weighted by molar-refractivity contribution is 0.567. The Morgan fingerprint density at radius 2 is 1.92 bits per heavy atom. The monoisotopic (exact) mass is 283 g/mol. The summed E-state index contributed by atoms with van der Waals surface area (Å²) in [5.41, 5.74) is 5.64.